The van der Waals surface area contributed by atoms with Gasteiger partial charge in [0.2, 0.25) is 0 Å². The largest absolute Gasteiger partial charge is 0.466 e. The van der Waals surface area contributed by atoms with Crippen LogP contribution in [0.4, 0.5) is 0 Å². The van der Waals surface area contributed by atoms with E-state index in [9.17, 15) is 14.4 Å². The first-order valence-electron chi connectivity index (χ1n) is 8.57. The number of carbonyl (C=O) groups excluding carboxylic acids is 3. The third kappa shape index (κ3) is 5.71. The van der Waals surface area contributed by atoms with Gasteiger partial charge >= 0.3 is 17.9 Å². The number of carbonyl (C=O) groups is 3. The molecular formula is C21H24O6. The molecule has 144 valence electrons. The fourth-order valence-electron chi connectivity index (χ4n) is 2.54. The van der Waals surface area contributed by atoms with E-state index in [0.717, 1.165) is 0 Å². The van der Waals surface area contributed by atoms with E-state index in [-0.39, 0.29) is 31.6 Å². The van der Waals surface area contributed by atoms with Crippen LogP contribution in [0.1, 0.15) is 32.3 Å². The minimum atomic E-state index is -1.82. The lowest BCUT2D eigenvalue weighted by Crippen LogP contribution is -2.43. The first kappa shape index (κ1) is 22.0. The molecule has 1 rings (SSSR count). The Labute approximate surface area is 159 Å². The zero-order valence-corrected chi connectivity index (χ0v) is 15.8. The monoisotopic (exact) mass is 372 g/mol. The summed E-state index contributed by atoms with van der Waals surface area (Å²) >= 11 is 0. The zero-order chi connectivity index (χ0) is 20.3. The molecule has 0 heterocycles. The molecule has 0 N–H and O–H groups in total. The minimum Gasteiger partial charge on any atom is -0.466 e. The van der Waals surface area contributed by atoms with Crippen molar-refractivity contribution in [2.75, 3.05) is 20.3 Å². The molecule has 0 radical (unpaired) electrons. The molecule has 1 aromatic rings. The topological polar surface area (TPSA) is 78.9 Å². The molecule has 0 aliphatic carbocycles. The van der Waals surface area contributed by atoms with Crippen LogP contribution in [0.5, 0.6) is 0 Å². The molecule has 0 bridgehead atoms. The highest BCUT2D eigenvalue weighted by Crippen LogP contribution is 2.35. The molecular weight excluding hydrogens is 348 g/mol. The second-order valence-electron chi connectivity index (χ2n) is 5.65. The summed E-state index contributed by atoms with van der Waals surface area (Å²) in [6, 6.07) is 8.98. The molecule has 0 saturated heterocycles. The van der Waals surface area contributed by atoms with Crippen LogP contribution >= 0.6 is 0 Å². The Morgan fingerprint density at radius 3 is 2.07 bits per heavy atom. The number of esters is 3. The third-order valence-corrected chi connectivity index (χ3v) is 3.82. The summed E-state index contributed by atoms with van der Waals surface area (Å²) in [4.78, 5) is 37.7. The summed E-state index contributed by atoms with van der Waals surface area (Å²) in [6.07, 6.45) is 6.40. The van der Waals surface area contributed by atoms with Crippen molar-refractivity contribution >= 4 is 24.0 Å². The van der Waals surface area contributed by atoms with Gasteiger partial charge in [0.15, 0.2) is 5.41 Å². The fourth-order valence-corrected chi connectivity index (χ4v) is 2.54. The van der Waals surface area contributed by atoms with Gasteiger partial charge in [0.05, 0.1) is 20.3 Å². The van der Waals surface area contributed by atoms with Gasteiger partial charge in [0.25, 0.3) is 0 Å². The van der Waals surface area contributed by atoms with Crippen molar-refractivity contribution in [3.63, 3.8) is 0 Å². The molecule has 0 saturated carbocycles. The van der Waals surface area contributed by atoms with E-state index in [1.807, 2.05) is 6.07 Å². The van der Waals surface area contributed by atoms with Gasteiger partial charge in [0, 0.05) is 18.4 Å². The molecule has 0 atom stereocenters. The number of hydrogen-bond donors (Lipinski definition) is 0. The first-order chi connectivity index (χ1) is 12.9. The van der Waals surface area contributed by atoms with E-state index < -0.39 is 23.3 Å². The van der Waals surface area contributed by atoms with E-state index in [4.69, 9.17) is 20.6 Å². The molecule has 6 heteroatoms. The van der Waals surface area contributed by atoms with E-state index in [2.05, 4.69) is 5.92 Å². The van der Waals surface area contributed by atoms with Gasteiger partial charge in [-0.25, -0.2) is 4.79 Å². The number of methoxy groups -OCH3 is 1. The lowest BCUT2D eigenvalue weighted by molar-refractivity contribution is -0.171. The Morgan fingerprint density at radius 1 is 1.07 bits per heavy atom. The highest BCUT2D eigenvalue weighted by atomic mass is 16.6. The zero-order valence-electron chi connectivity index (χ0n) is 15.8. The minimum absolute atomic E-state index is 0.0561. The molecule has 6 nitrogen and oxygen atoms in total. The van der Waals surface area contributed by atoms with Gasteiger partial charge in [-0.15, -0.1) is 12.3 Å². The third-order valence-electron chi connectivity index (χ3n) is 3.82. The Morgan fingerprint density at radius 2 is 1.63 bits per heavy atom. The molecule has 0 aromatic heterocycles. The van der Waals surface area contributed by atoms with Crippen molar-refractivity contribution < 1.29 is 28.6 Å². The summed E-state index contributed by atoms with van der Waals surface area (Å²) in [5, 5.41) is 0. The Bertz CT molecular complexity index is 709. The lowest BCUT2D eigenvalue weighted by Gasteiger charge is -2.28. The fraction of sp³-hybridized carbons (Fsp3) is 0.381. The predicted octanol–water partition coefficient (Wildman–Crippen LogP) is 2.77. The molecule has 0 aliphatic heterocycles. The summed E-state index contributed by atoms with van der Waals surface area (Å²) in [5.74, 6) is 0.00130. The van der Waals surface area contributed by atoms with E-state index in [1.165, 1.54) is 7.11 Å². The van der Waals surface area contributed by atoms with Gasteiger partial charge in [-0.2, -0.15) is 0 Å². The number of terminal acetylenes is 1. The van der Waals surface area contributed by atoms with E-state index in [0.29, 0.717) is 5.56 Å². The number of ether oxygens (including phenoxy) is 3. The van der Waals surface area contributed by atoms with Gasteiger partial charge in [0.1, 0.15) is 0 Å². The quantitative estimate of drug-likeness (QED) is 0.218. The standard InChI is InChI=1S/C21H24O6/c1-5-13-21(19(23)26-6-2,20(24)27-7-3)15-17(18(22)25-4)14-16-11-9-8-10-12-16/h1,8-12,14H,6-7,13,15H2,2-4H3/b17-14+. The van der Waals surface area contributed by atoms with Gasteiger partial charge < -0.3 is 14.2 Å². The first-order valence-corrected chi connectivity index (χ1v) is 8.57. The van der Waals surface area contributed by atoms with Crippen molar-refractivity contribution in [2.45, 2.75) is 26.7 Å². The van der Waals surface area contributed by atoms with Crippen LogP contribution in [-0.2, 0) is 28.6 Å². The number of benzene rings is 1. The van der Waals surface area contributed by atoms with Gasteiger partial charge in [-0.1, -0.05) is 30.3 Å². The SMILES string of the molecule is C#CCC(C/C(=C\c1ccccc1)C(=O)OC)(C(=O)OCC)C(=O)OCC. The second-order valence-corrected chi connectivity index (χ2v) is 5.65. The maximum absolute atomic E-state index is 12.7. The maximum Gasteiger partial charge on any atom is 0.333 e. The summed E-state index contributed by atoms with van der Waals surface area (Å²) in [7, 11) is 1.22. The van der Waals surface area contributed by atoms with Crippen LogP contribution in [-0.4, -0.2) is 38.2 Å². The van der Waals surface area contributed by atoms with E-state index >= 15 is 0 Å². The van der Waals surface area contributed by atoms with Crippen LogP contribution in [0.3, 0.4) is 0 Å². The molecule has 1 aromatic carbocycles. The summed E-state index contributed by atoms with van der Waals surface area (Å²) in [6.45, 7) is 3.34. The maximum atomic E-state index is 12.7. The summed E-state index contributed by atoms with van der Waals surface area (Å²) < 4.78 is 15.0. The smallest absolute Gasteiger partial charge is 0.333 e. The van der Waals surface area contributed by atoms with Crippen LogP contribution in [0.2, 0.25) is 0 Å². The lowest BCUT2D eigenvalue weighted by atomic mass is 9.78. The van der Waals surface area contributed by atoms with Crippen LogP contribution in [0, 0.1) is 17.8 Å². The molecule has 0 aliphatic rings. The van der Waals surface area contributed by atoms with Crippen molar-refractivity contribution in [3.05, 3.63) is 41.5 Å². The van der Waals surface area contributed by atoms with Crippen molar-refractivity contribution in [1.29, 1.82) is 0 Å². The van der Waals surface area contributed by atoms with E-state index in [1.54, 1.807) is 44.2 Å². The highest BCUT2D eigenvalue weighted by molar-refractivity contribution is 6.03. The Balaban J connectivity index is 3.46. The normalized spacial score (nSPS) is 11.3. The Hall–Kier alpha value is -3.07. The average molecular weight is 372 g/mol. The van der Waals surface area contributed by atoms with Gasteiger partial charge in [-0.05, 0) is 25.5 Å². The number of rotatable bonds is 9. The molecule has 0 amide bonds. The number of hydrogen-bond acceptors (Lipinski definition) is 6. The molecule has 0 fully saturated rings. The predicted molar refractivity (Wildman–Crippen MR) is 100 cm³/mol. The van der Waals surface area contributed by atoms with Crippen molar-refractivity contribution in [1.82, 2.24) is 0 Å². The van der Waals surface area contributed by atoms with Crippen LogP contribution in [0.15, 0.2) is 35.9 Å². The molecule has 0 spiro atoms. The van der Waals surface area contributed by atoms with Crippen molar-refractivity contribution in [2.24, 2.45) is 5.41 Å². The molecule has 27 heavy (non-hydrogen) atoms. The Kier molecular flexibility index (Phi) is 8.80. The summed E-state index contributed by atoms with van der Waals surface area (Å²) in [5.41, 5.74) is -1.00. The van der Waals surface area contributed by atoms with Crippen molar-refractivity contribution in [3.8, 4) is 12.3 Å². The highest BCUT2D eigenvalue weighted by Gasteiger charge is 2.49. The second kappa shape index (κ2) is 10.8. The van der Waals surface area contributed by atoms with Crippen LogP contribution < -0.4 is 0 Å². The van der Waals surface area contributed by atoms with Crippen LogP contribution in [0.25, 0.3) is 6.08 Å². The average Bonchev–Trinajstić information content (AvgIpc) is 2.67. The van der Waals surface area contributed by atoms with Gasteiger partial charge in [-0.3, -0.25) is 9.59 Å². The molecule has 0 unspecified atom stereocenters.